The molecule has 1 aromatic rings. The summed E-state index contributed by atoms with van der Waals surface area (Å²) < 4.78 is 10.2. The lowest BCUT2D eigenvalue weighted by Gasteiger charge is -2.44. The monoisotopic (exact) mass is 429 g/mol. The van der Waals surface area contributed by atoms with Gasteiger partial charge < -0.3 is 24.8 Å². The van der Waals surface area contributed by atoms with E-state index in [1.165, 1.54) is 4.90 Å². The molecule has 1 saturated heterocycles. The largest absolute Gasteiger partial charge is 0.427 e. The van der Waals surface area contributed by atoms with Crippen molar-refractivity contribution in [2.75, 3.05) is 12.1 Å². The van der Waals surface area contributed by atoms with E-state index in [-0.39, 0.29) is 17.6 Å². The number of β-lactam (4-membered cyclic amide) rings is 1. The Morgan fingerprint density at radius 1 is 1.35 bits per heavy atom. The number of fused-ring (bicyclic) bond motifs is 1. The summed E-state index contributed by atoms with van der Waals surface area (Å²) in [6, 6.07) is 6.76. The fourth-order valence-electron chi connectivity index (χ4n) is 3.82. The number of nitrogens with zero attached hydrogens (tertiary/aromatic N) is 1. The van der Waals surface area contributed by atoms with Crippen LogP contribution in [-0.2, 0) is 23.9 Å². The summed E-state index contributed by atoms with van der Waals surface area (Å²) in [6.07, 6.45) is 0.576. The number of esters is 2. The van der Waals surface area contributed by atoms with Crippen molar-refractivity contribution in [3.05, 3.63) is 35.5 Å². The minimum atomic E-state index is -0.843. The zero-order valence-electron chi connectivity index (χ0n) is 18.0. The summed E-state index contributed by atoms with van der Waals surface area (Å²) in [7, 11) is 0. The van der Waals surface area contributed by atoms with E-state index >= 15 is 0 Å². The molecule has 2 aliphatic rings. The molecule has 31 heavy (non-hydrogen) atoms. The van der Waals surface area contributed by atoms with Gasteiger partial charge in [-0.25, -0.2) is 4.79 Å². The van der Waals surface area contributed by atoms with Crippen LogP contribution in [0.15, 0.2) is 30.0 Å². The maximum atomic E-state index is 12.9. The van der Waals surface area contributed by atoms with Crippen LogP contribution in [0.2, 0.25) is 0 Å². The smallest absolute Gasteiger partial charge is 0.358 e. The number of nitrogens with one attached hydrogen (secondary N) is 2. The van der Waals surface area contributed by atoms with Crippen LogP contribution < -0.4 is 5.32 Å². The summed E-state index contributed by atoms with van der Waals surface area (Å²) in [5.74, 6) is -2.23. The molecule has 2 heterocycles. The Morgan fingerprint density at radius 2 is 2.06 bits per heavy atom. The Kier molecular flexibility index (Phi) is 6.17. The molecule has 166 valence electrons. The normalized spacial score (nSPS) is 21.2. The van der Waals surface area contributed by atoms with E-state index in [0.29, 0.717) is 23.2 Å². The van der Waals surface area contributed by atoms with Gasteiger partial charge in [-0.3, -0.25) is 15.0 Å². The number of carbonyl (C=O) groups is 3. The average molecular weight is 429 g/mol. The summed E-state index contributed by atoms with van der Waals surface area (Å²) in [5, 5.41) is 20.0. The fourth-order valence-corrected chi connectivity index (χ4v) is 3.82. The first-order valence-corrected chi connectivity index (χ1v) is 10.0. The van der Waals surface area contributed by atoms with Crippen molar-refractivity contribution in [2.24, 2.45) is 11.3 Å². The molecule has 3 atom stereocenters. The van der Waals surface area contributed by atoms with E-state index in [4.69, 9.17) is 14.9 Å². The van der Waals surface area contributed by atoms with Crippen LogP contribution in [0, 0.1) is 16.7 Å². The third-order valence-corrected chi connectivity index (χ3v) is 5.36. The van der Waals surface area contributed by atoms with Crippen LogP contribution >= 0.6 is 0 Å². The van der Waals surface area contributed by atoms with Gasteiger partial charge in [0.2, 0.25) is 12.7 Å². The second-order valence-electron chi connectivity index (χ2n) is 8.67. The molecule has 0 saturated carbocycles. The van der Waals surface area contributed by atoms with Crippen LogP contribution in [0.3, 0.4) is 0 Å². The molecule has 9 heteroatoms. The first-order chi connectivity index (χ1) is 14.6. The Hall–Kier alpha value is -3.20. The molecule has 1 aromatic carbocycles. The molecular weight excluding hydrogens is 402 g/mol. The second kappa shape index (κ2) is 8.50. The van der Waals surface area contributed by atoms with Crippen LogP contribution in [0.1, 0.15) is 39.7 Å². The van der Waals surface area contributed by atoms with Gasteiger partial charge in [-0.1, -0.05) is 12.1 Å². The van der Waals surface area contributed by atoms with Gasteiger partial charge in [-0.15, -0.1) is 0 Å². The van der Waals surface area contributed by atoms with Crippen LogP contribution in [0.25, 0.3) is 5.57 Å². The number of hydrogen-bond acceptors (Lipinski definition) is 7. The van der Waals surface area contributed by atoms with E-state index in [2.05, 4.69) is 5.32 Å². The minimum Gasteiger partial charge on any atom is -0.427 e. The zero-order valence-corrected chi connectivity index (χ0v) is 18.0. The Bertz CT molecular complexity index is 947. The summed E-state index contributed by atoms with van der Waals surface area (Å²) in [4.78, 5) is 38.8. The Balaban J connectivity index is 1.88. The fraction of sp³-hybridized carbons (Fsp3) is 0.455. The highest BCUT2D eigenvalue weighted by atomic mass is 16.7. The zero-order chi connectivity index (χ0) is 22.9. The van der Waals surface area contributed by atoms with Gasteiger partial charge in [-0.05, 0) is 57.4 Å². The predicted molar refractivity (Wildman–Crippen MR) is 113 cm³/mol. The van der Waals surface area contributed by atoms with E-state index in [1.807, 2.05) is 0 Å². The number of amides is 1. The molecule has 3 N–H and O–H groups in total. The lowest BCUT2D eigenvalue weighted by molar-refractivity contribution is -0.175. The van der Waals surface area contributed by atoms with Gasteiger partial charge >= 0.3 is 11.9 Å². The SMILES string of the molecule is C[C@@H](O)[C@H]1C(=O)N2C(C(=O)OCOC(=O)C(C)(C)C)=C(c3cccc(NC=N)c3)C[C@H]12. The number of aliphatic hydroxyl groups excluding tert-OH is 1. The van der Waals surface area contributed by atoms with Crippen molar-refractivity contribution in [2.45, 2.75) is 46.3 Å². The molecule has 1 fully saturated rings. The molecule has 0 bridgehead atoms. The molecule has 1 amide bonds. The van der Waals surface area contributed by atoms with Gasteiger partial charge in [0, 0.05) is 5.69 Å². The molecule has 3 rings (SSSR count). The number of ether oxygens (including phenoxy) is 2. The number of anilines is 1. The molecule has 0 spiro atoms. The summed E-state index contributed by atoms with van der Waals surface area (Å²) in [5.41, 5.74) is 1.29. The number of benzene rings is 1. The maximum absolute atomic E-state index is 12.9. The lowest BCUT2D eigenvalue weighted by atomic mass is 9.82. The van der Waals surface area contributed by atoms with Crippen molar-refractivity contribution in [3.8, 4) is 0 Å². The molecule has 0 radical (unpaired) electrons. The van der Waals surface area contributed by atoms with Gasteiger partial charge in [0.15, 0.2) is 0 Å². The van der Waals surface area contributed by atoms with Crippen molar-refractivity contribution in [3.63, 3.8) is 0 Å². The molecule has 0 aliphatic carbocycles. The molecule has 9 nitrogen and oxygen atoms in total. The van der Waals surface area contributed by atoms with Gasteiger partial charge in [0.25, 0.3) is 0 Å². The minimum absolute atomic E-state index is 0.0886. The van der Waals surface area contributed by atoms with Crippen LogP contribution in [0.4, 0.5) is 5.69 Å². The van der Waals surface area contributed by atoms with Crippen LogP contribution in [0.5, 0.6) is 0 Å². The molecular formula is C22H27N3O6. The summed E-state index contributed by atoms with van der Waals surface area (Å²) >= 11 is 0. The maximum Gasteiger partial charge on any atom is 0.358 e. The first kappa shape index (κ1) is 22.5. The summed E-state index contributed by atoms with van der Waals surface area (Å²) in [6.45, 7) is 6.04. The quantitative estimate of drug-likeness (QED) is 0.199. The molecule has 0 unspecified atom stereocenters. The average Bonchev–Trinajstić information content (AvgIpc) is 3.02. The van der Waals surface area contributed by atoms with Crippen molar-refractivity contribution < 1.29 is 29.0 Å². The lowest BCUT2D eigenvalue weighted by Crippen LogP contribution is -2.61. The Labute approximate surface area is 180 Å². The topological polar surface area (TPSA) is 129 Å². The van der Waals surface area contributed by atoms with Gasteiger partial charge in [0.05, 0.1) is 29.8 Å². The third kappa shape index (κ3) is 4.32. The number of carbonyl (C=O) groups excluding carboxylic acids is 3. The highest BCUT2D eigenvalue weighted by Crippen LogP contribution is 2.47. The van der Waals surface area contributed by atoms with E-state index in [1.54, 1.807) is 52.0 Å². The van der Waals surface area contributed by atoms with E-state index < -0.39 is 36.2 Å². The standard InChI is InChI=1S/C22H27N3O6/c1-12(26)17-16-9-15(13-6-5-7-14(8-13)24-10-23)18(25(16)19(17)27)20(28)30-11-31-21(29)22(2,3)4/h5-8,10,12,16-17,26H,9,11H2,1-4H3,(H2,23,24)/t12-,16-,17-/m1/s1. The number of rotatable bonds is 7. The van der Waals surface area contributed by atoms with Crippen LogP contribution in [-0.4, -0.2) is 53.1 Å². The van der Waals surface area contributed by atoms with Crippen molar-refractivity contribution in [1.82, 2.24) is 4.90 Å². The molecule has 2 aliphatic heterocycles. The number of aliphatic hydroxyl groups is 1. The molecule has 0 aromatic heterocycles. The number of hydrogen-bond donors (Lipinski definition) is 3. The Morgan fingerprint density at radius 3 is 2.68 bits per heavy atom. The predicted octanol–water partition coefficient (Wildman–Crippen LogP) is 2.12. The van der Waals surface area contributed by atoms with E-state index in [9.17, 15) is 19.5 Å². The highest BCUT2D eigenvalue weighted by Gasteiger charge is 2.57. The van der Waals surface area contributed by atoms with Crippen molar-refractivity contribution in [1.29, 1.82) is 5.41 Å². The second-order valence-corrected chi connectivity index (χ2v) is 8.67. The van der Waals surface area contributed by atoms with E-state index in [0.717, 1.165) is 6.34 Å². The highest BCUT2D eigenvalue weighted by molar-refractivity contribution is 6.07. The van der Waals surface area contributed by atoms with Crippen molar-refractivity contribution >= 4 is 35.4 Å². The first-order valence-electron chi connectivity index (χ1n) is 10.0. The van der Waals surface area contributed by atoms with Gasteiger partial charge in [-0.2, -0.15) is 0 Å². The third-order valence-electron chi connectivity index (χ3n) is 5.36. The van der Waals surface area contributed by atoms with Gasteiger partial charge in [0.1, 0.15) is 5.70 Å².